The number of esters is 1. The van der Waals surface area contributed by atoms with E-state index in [-0.39, 0.29) is 5.97 Å². The highest BCUT2D eigenvalue weighted by Crippen LogP contribution is 1.87. The van der Waals surface area contributed by atoms with Gasteiger partial charge in [-0.3, -0.25) is 0 Å². The molecule has 0 fully saturated rings. The lowest BCUT2D eigenvalue weighted by atomic mass is 10.4. The predicted octanol–water partition coefficient (Wildman–Crippen LogP) is 2.10. The van der Waals surface area contributed by atoms with Crippen molar-refractivity contribution in [3.8, 4) is 0 Å². The summed E-state index contributed by atoms with van der Waals surface area (Å²) in [5.41, 5.74) is 1.66. The summed E-state index contributed by atoms with van der Waals surface area (Å²) in [6.07, 6.45) is 0. The maximum Gasteiger partial charge on any atom is 0.332 e. The molecule has 0 rings (SSSR count). The van der Waals surface area contributed by atoms with Gasteiger partial charge in [-0.05, 0) is 12.5 Å². The molecule has 0 unspecified atom stereocenters. The molecule has 0 aliphatic carbocycles. The van der Waals surface area contributed by atoms with Crippen molar-refractivity contribution in [1.29, 1.82) is 0 Å². The minimum atomic E-state index is -0.347. The molecule has 0 aliphatic rings. The Labute approximate surface area is 66.1 Å². The van der Waals surface area contributed by atoms with E-state index in [9.17, 15) is 4.79 Å². The van der Waals surface area contributed by atoms with Gasteiger partial charge in [-0.15, -0.1) is 0 Å². The van der Waals surface area contributed by atoms with Crippen LogP contribution in [-0.4, -0.2) is 13.1 Å². The molecule has 0 saturated heterocycles. The molecule has 0 aromatic heterocycles. The third-order valence-corrected chi connectivity index (χ3v) is 0.534. The Kier molecular flexibility index (Phi) is 9.86. The predicted molar refractivity (Wildman–Crippen MR) is 42.9 cm³/mol. The third-order valence-electron chi connectivity index (χ3n) is 0.534. The van der Waals surface area contributed by atoms with Crippen LogP contribution in [0.1, 0.15) is 6.92 Å². The number of hydrogen-bond acceptors (Lipinski definition) is 2. The molecular weight excluding hydrogens is 152 g/mol. The molecule has 0 spiro atoms. The minimum absolute atomic E-state index is 0.347. The first-order chi connectivity index (χ1) is 4.59. The second-order valence-electron chi connectivity index (χ2n) is 1.43. The molecule has 0 heterocycles. The maximum absolute atomic E-state index is 10.2. The zero-order valence-electron chi connectivity index (χ0n) is 6.19. The van der Waals surface area contributed by atoms with E-state index in [0.29, 0.717) is 5.57 Å². The largest absolute Gasteiger partial charge is 0.466 e. The van der Waals surface area contributed by atoms with E-state index in [2.05, 4.69) is 17.9 Å². The van der Waals surface area contributed by atoms with Gasteiger partial charge < -0.3 is 4.74 Å². The van der Waals surface area contributed by atoms with Gasteiger partial charge in [0.1, 0.15) is 0 Å². The van der Waals surface area contributed by atoms with Gasteiger partial charge in [-0.25, -0.2) is 4.79 Å². The number of halogens is 1. The van der Waals surface area contributed by atoms with Gasteiger partial charge in [0.25, 0.3) is 0 Å². The Balaban J connectivity index is 0. The van der Waals surface area contributed by atoms with E-state index in [1.165, 1.54) is 12.6 Å². The van der Waals surface area contributed by atoms with Gasteiger partial charge in [0.2, 0.25) is 0 Å². The number of carbonyl (C=O) groups is 1. The van der Waals surface area contributed by atoms with Crippen molar-refractivity contribution < 1.29 is 9.53 Å². The fraction of sp³-hybridized carbons (Fsp3) is 0.286. The number of methoxy groups -OCH3 is 1. The molecule has 0 bridgehead atoms. The Hall–Kier alpha value is -0.760. The summed E-state index contributed by atoms with van der Waals surface area (Å²) in [5.74, 6) is -0.347. The zero-order chi connectivity index (χ0) is 8.57. The van der Waals surface area contributed by atoms with E-state index < -0.39 is 0 Å². The minimum Gasteiger partial charge on any atom is -0.466 e. The van der Waals surface area contributed by atoms with Crippen LogP contribution < -0.4 is 0 Å². The molecule has 2 nitrogen and oxygen atoms in total. The molecule has 0 aromatic carbocycles. The average molecular weight is 163 g/mol. The highest BCUT2D eigenvalue weighted by Gasteiger charge is 1.95. The summed E-state index contributed by atoms with van der Waals surface area (Å²) in [4.78, 5) is 10.2. The van der Waals surface area contributed by atoms with Crippen molar-refractivity contribution in [3.63, 3.8) is 0 Å². The first-order valence-electron chi connectivity index (χ1n) is 2.55. The Bertz CT molecular complexity index is 130. The van der Waals surface area contributed by atoms with Crippen molar-refractivity contribution in [2.24, 2.45) is 0 Å². The quantitative estimate of drug-likeness (QED) is 0.436. The number of hydrogen-bond donors (Lipinski definition) is 0. The third kappa shape index (κ3) is 10.3. The van der Waals surface area contributed by atoms with Gasteiger partial charge >= 0.3 is 5.97 Å². The zero-order valence-corrected chi connectivity index (χ0v) is 6.94. The van der Waals surface area contributed by atoms with Gasteiger partial charge in [-0.2, -0.15) is 0 Å². The van der Waals surface area contributed by atoms with Crippen LogP contribution in [-0.2, 0) is 9.53 Å². The van der Waals surface area contributed by atoms with Crippen LogP contribution in [0.4, 0.5) is 0 Å². The van der Waals surface area contributed by atoms with Crippen LogP contribution in [0, 0.1) is 0 Å². The monoisotopic (exact) mass is 162 g/mol. The summed E-state index contributed by atoms with van der Waals surface area (Å²) in [6, 6.07) is 0. The summed E-state index contributed by atoms with van der Waals surface area (Å²) < 4.78 is 4.27. The number of carbonyl (C=O) groups excluding carboxylic acids is 1. The van der Waals surface area contributed by atoms with Crippen molar-refractivity contribution in [1.82, 2.24) is 0 Å². The van der Waals surface area contributed by atoms with Gasteiger partial charge in [0.15, 0.2) is 0 Å². The maximum atomic E-state index is 10.2. The van der Waals surface area contributed by atoms with E-state index >= 15 is 0 Å². The van der Waals surface area contributed by atoms with Crippen molar-refractivity contribution in [2.45, 2.75) is 6.92 Å². The second kappa shape index (κ2) is 8.24. The highest BCUT2D eigenvalue weighted by atomic mass is 35.5. The molecule has 0 amide bonds. The molecule has 10 heavy (non-hydrogen) atoms. The first kappa shape index (κ1) is 12.0. The Morgan fingerprint density at radius 3 is 2.00 bits per heavy atom. The molecule has 58 valence electrons. The van der Waals surface area contributed by atoms with Gasteiger partial charge in [-0.1, -0.05) is 24.8 Å². The molecule has 0 saturated carbocycles. The number of ether oxygens (including phenoxy) is 1. The lowest BCUT2D eigenvalue weighted by Gasteiger charge is -1.91. The standard InChI is InChI=1S/C5H8O2.C2H3Cl/c1-4(2)5(6)7-3;1-2-3/h1H2,2-3H3;2H,1H2. The van der Waals surface area contributed by atoms with Crippen LogP contribution in [0.3, 0.4) is 0 Å². The number of rotatable bonds is 1. The van der Waals surface area contributed by atoms with Crippen LogP contribution in [0.25, 0.3) is 0 Å². The molecular formula is C7H11ClO2. The average Bonchev–Trinajstić information content (AvgIpc) is 1.88. The van der Waals surface area contributed by atoms with Crippen LogP contribution >= 0.6 is 11.6 Å². The highest BCUT2D eigenvalue weighted by molar-refractivity contribution is 6.25. The summed E-state index contributed by atoms with van der Waals surface area (Å²) in [5, 5.41) is 0. The van der Waals surface area contributed by atoms with E-state index in [1.54, 1.807) is 6.92 Å². The molecule has 0 radical (unpaired) electrons. The Morgan fingerprint density at radius 2 is 2.00 bits per heavy atom. The first-order valence-corrected chi connectivity index (χ1v) is 2.98. The van der Waals surface area contributed by atoms with Gasteiger partial charge in [0.05, 0.1) is 7.11 Å². The fourth-order valence-corrected chi connectivity index (χ4v) is 0.174. The van der Waals surface area contributed by atoms with E-state index in [1.807, 2.05) is 0 Å². The van der Waals surface area contributed by atoms with Crippen molar-refractivity contribution in [2.75, 3.05) is 7.11 Å². The fourth-order valence-electron chi connectivity index (χ4n) is 0.174. The second-order valence-corrected chi connectivity index (χ2v) is 1.73. The van der Waals surface area contributed by atoms with Crippen LogP contribution in [0.15, 0.2) is 24.3 Å². The lowest BCUT2D eigenvalue weighted by molar-refractivity contribution is -0.136. The molecule has 0 N–H and O–H groups in total. The SMILES string of the molecule is C=C(C)C(=O)OC.C=CCl. The van der Waals surface area contributed by atoms with Crippen LogP contribution in [0.2, 0.25) is 0 Å². The molecule has 0 aliphatic heterocycles. The van der Waals surface area contributed by atoms with Gasteiger partial charge in [0, 0.05) is 5.57 Å². The normalized spacial score (nSPS) is 6.70. The van der Waals surface area contributed by atoms with E-state index in [0.717, 1.165) is 0 Å². The summed E-state index contributed by atoms with van der Waals surface area (Å²) >= 11 is 4.76. The van der Waals surface area contributed by atoms with Crippen molar-refractivity contribution >= 4 is 17.6 Å². The Morgan fingerprint density at radius 1 is 1.70 bits per heavy atom. The molecule has 3 heteroatoms. The topological polar surface area (TPSA) is 26.3 Å². The summed E-state index contributed by atoms with van der Waals surface area (Å²) in [6.45, 7) is 8.08. The molecule has 0 aromatic rings. The molecule has 0 atom stereocenters. The van der Waals surface area contributed by atoms with Crippen molar-refractivity contribution in [3.05, 3.63) is 24.3 Å². The smallest absolute Gasteiger partial charge is 0.332 e. The summed E-state index contributed by atoms with van der Waals surface area (Å²) in [7, 11) is 1.33. The van der Waals surface area contributed by atoms with Crippen LogP contribution in [0.5, 0.6) is 0 Å². The lowest BCUT2D eigenvalue weighted by Crippen LogP contribution is -1.98. The van der Waals surface area contributed by atoms with E-state index in [4.69, 9.17) is 11.6 Å².